The van der Waals surface area contributed by atoms with Crippen molar-refractivity contribution in [2.24, 2.45) is 11.7 Å². The highest BCUT2D eigenvalue weighted by molar-refractivity contribution is 9.11. The van der Waals surface area contributed by atoms with Gasteiger partial charge in [-0.2, -0.15) is 0 Å². The first-order chi connectivity index (χ1) is 9.97. The van der Waals surface area contributed by atoms with Crippen molar-refractivity contribution in [3.05, 3.63) is 56.4 Å². The van der Waals surface area contributed by atoms with Gasteiger partial charge in [-0.05, 0) is 52.0 Å². The number of thiophene rings is 1. The maximum Gasteiger partial charge on any atom is 0.127 e. The minimum absolute atomic E-state index is 0.175. The highest BCUT2D eigenvalue weighted by Gasteiger charge is 2.19. The van der Waals surface area contributed by atoms with Crippen LogP contribution in [-0.4, -0.2) is 18.5 Å². The van der Waals surface area contributed by atoms with Crippen LogP contribution in [0.3, 0.4) is 0 Å². The molecule has 0 aliphatic rings. The molecule has 0 bridgehead atoms. The zero-order valence-electron chi connectivity index (χ0n) is 12.2. The molecule has 2 unspecified atom stereocenters. The van der Waals surface area contributed by atoms with Gasteiger partial charge in [-0.25, -0.2) is 4.39 Å². The Balaban J connectivity index is 1.94. The Labute approximate surface area is 137 Å². The van der Waals surface area contributed by atoms with Crippen LogP contribution in [0.15, 0.2) is 39.5 Å². The van der Waals surface area contributed by atoms with Crippen molar-refractivity contribution < 1.29 is 4.39 Å². The summed E-state index contributed by atoms with van der Waals surface area (Å²) in [6.07, 6.45) is 0. The van der Waals surface area contributed by atoms with Gasteiger partial charge in [0.05, 0.1) is 3.79 Å². The van der Waals surface area contributed by atoms with Crippen molar-refractivity contribution in [1.82, 2.24) is 4.90 Å². The molecule has 0 aliphatic heterocycles. The molecule has 1 heterocycles. The van der Waals surface area contributed by atoms with Gasteiger partial charge in [0.2, 0.25) is 0 Å². The Kier molecular flexibility index (Phi) is 5.93. The first-order valence-corrected chi connectivity index (χ1v) is 8.56. The molecule has 1 aromatic heterocycles. The van der Waals surface area contributed by atoms with Gasteiger partial charge >= 0.3 is 0 Å². The number of hydrogen-bond acceptors (Lipinski definition) is 3. The summed E-state index contributed by atoms with van der Waals surface area (Å²) >= 11 is 5.16. The Morgan fingerprint density at radius 3 is 2.71 bits per heavy atom. The molecule has 2 rings (SSSR count). The van der Waals surface area contributed by atoms with Gasteiger partial charge in [-0.15, -0.1) is 11.3 Å². The third-order valence-corrected chi connectivity index (χ3v) is 5.10. The average molecular weight is 371 g/mol. The molecule has 5 heteroatoms. The molecule has 2 atom stereocenters. The van der Waals surface area contributed by atoms with Crippen molar-refractivity contribution in [3.63, 3.8) is 0 Å². The van der Waals surface area contributed by atoms with E-state index in [-0.39, 0.29) is 17.8 Å². The second-order valence-electron chi connectivity index (χ2n) is 5.48. The van der Waals surface area contributed by atoms with Crippen LogP contribution in [-0.2, 0) is 6.54 Å². The van der Waals surface area contributed by atoms with Gasteiger partial charge in [0.15, 0.2) is 0 Å². The highest BCUT2D eigenvalue weighted by atomic mass is 79.9. The van der Waals surface area contributed by atoms with Crippen LogP contribution in [0, 0.1) is 11.7 Å². The van der Waals surface area contributed by atoms with E-state index in [1.165, 1.54) is 11.6 Å². The summed E-state index contributed by atoms with van der Waals surface area (Å²) in [4.78, 5) is 2.22. The standard InChI is InChI=1S/C16H20BrFN2S/c1-11(16(19)13-5-3-4-6-14(13)18)8-20(2)9-12-7-15(17)21-10-12/h3-7,10-11,16H,8-9,19H2,1-2H3. The SMILES string of the molecule is CC(CN(C)Cc1csc(Br)c1)C(N)c1ccccc1F. The molecule has 1 aromatic carbocycles. The maximum atomic E-state index is 13.8. The van der Waals surface area contributed by atoms with Crippen molar-refractivity contribution in [1.29, 1.82) is 0 Å². The summed E-state index contributed by atoms with van der Waals surface area (Å²) in [5, 5.41) is 2.14. The fourth-order valence-electron chi connectivity index (χ4n) is 2.46. The van der Waals surface area contributed by atoms with E-state index in [9.17, 15) is 4.39 Å². The quantitative estimate of drug-likeness (QED) is 0.815. The second-order valence-corrected chi connectivity index (χ2v) is 7.77. The van der Waals surface area contributed by atoms with Gasteiger partial charge in [0.1, 0.15) is 5.82 Å². The minimum Gasteiger partial charge on any atom is -0.324 e. The summed E-state index contributed by atoms with van der Waals surface area (Å²) in [6, 6.07) is 8.60. The maximum absolute atomic E-state index is 13.8. The van der Waals surface area contributed by atoms with E-state index in [2.05, 4.69) is 46.2 Å². The molecular weight excluding hydrogens is 351 g/mol. The monoisotopic (exact) mass is 370 g/mol. The number of nitrogens with two attached hydrogens (primary N) is 1. The zero-order valence-corrected chi connectivity index (χ0v) is 14.6. The summed E-state index contributed by atoms with van der Waals surface area (Å²) in [7, 11) is 2.07. The lowest BCUT2D eigenvalue weighted by atomic mass is 9.94. The summed E-state index contributed by atoms with van der Waals surface area (Å²) < 4.78 is 14.9. The van der Waals surface area contributed by atoms with E-state index >= 15 is 0 Å². The normalized spacial score (nSPS) is 14.4. The fourth-order valence-corrected chi connectivity index (χ4v) is 3.66. The van der Waals surface area contributed by atoms with Crippen molar-refractivity contribution in [2.75, 3.05) is 13.6 Å². The van der Waals surface area contributed by atoms with E-state index in [1.807, 2.05) is 6.07 Å². The van der Waals surface area contributed by atoms with Gasteiger partial charge < -0.3 is 10.6 Å². The third kappa shape index (κ3) is 4.61. The van der Waals surface area contributed by atoms with E-state index in [0.29, 0.717) is 5.56 Å². The molecule has 0 aliphatic carbocycles. The van der Waals surface area contributed by atoms with Gasteiger partial charge in [0.25, 0.3) is 0 Å². The first-order valence-electron chi connectivity index (χ1n) is 6.89. The molecule has 0 saturated carbocycles. The summed E-state index contributed by atoms with van der Waals surface area (Å²) in [5.41, 5.74) is 8.09. The first kappa shape index (κ1) is 16.6. The van der Waals surface area contributed by atoms with Gasteiger partial charge in [-0.1, -0.05) is 25.1 Å². The lowest BCUT2D eigenvalue weighted by Crippen LogP contribution is -2.31. The van der Waals surface area contributed by atoms with Crippen LogP contribution in [0.1, 0.15) is 24.1 Å². The molecule has 2 nitrogen and oxygen atoms in total. The lowest BCUT2D eigenvalue weighted by Gasteiger charge is -2.26. The van der Waals surface area contributed by atoms with Crippen molar-refractivity contribution in [3.8, 4) is 0 Å². The predicted octanol–water partition coefficient (Wildman–Crippen LogP) is 4.42. The number of benzene rings is 1. The minimum atomic E-state index is -0.289. The molecule has 0 spiro atoms. The number of nitrogens with zero attached hydrogens (tertiary/aromatic N) is 1. The number of rotatable bonds is 6. The van der Waals surface area contributed by atoms with Crippen molar-refractivity contribution >= 4 is 27.3 Å². The van der Waals surface area contributed by atoms with Crippen LogP contribution in [0.25, 0.3) is 0 Å². The Morgan fingerprint density at radius 2 is 2.10 bits per heavy atom. The zero-order chi connectivity index (χ0) is 15.4. The van der Waals surface area contributed by atoms with Crippen LogP contribution in [0.5, 0.6) is 0 Å². The molecule has 0 radical (unpaired) electrons. The van der Waals surface area contributed by atoms with E-state index < -0.39 is 0 Å². The molecule has 2 aromatic rings. The lowest BCUT2D eigenvalue weighted by molar-refractivity contribution is 0.256. The molecule has 0 amide bonds. The topological polar surface area (TPSA) is 29.3 Å². The smallest absolute Gasteiger partial charge is 0.127 e. The van der Waals surface area contributed by atoms with Crippen LogP contribution >= 0.6 is 27.3 Å². The molecule has 0 fully saturated rings. The van der Waals surface area contributed by atoms with Crippen LogP contribution in [0.2, 0.25) is 0 Å². The summed E-state index contributed by atoms with van der Waals surface area (Å²) in [5.74, 6) is -0.0461. The van der Waals surface area contributed by atoms with Gasteiger partial charge in [0, 0.05) is 24.7 Å². The molecule has 2 N–H and O–H groups in total. The summed E-state index contributed by atoms with van der Waals surface area (Å²) in [6.45, 7) is 3.76. The molecule has 0 saturated heterocycles. The van der Waals surface area contributed by atoms with Crippen LogP contribution in [0.4, 0.5) is 4.39 Å². The van der Waals surface area contributed by atoms with E-state index in [4.69, 9.17) is 5.73 Å². The second kappa shape index (κ2) is 7.49. The molecule has 21 heavy (non-hydrogen) atoms. The van der Waals surface area contributed by atoms with Crippen molar-refractivity contribution in [2.45, 2.75) is 19.5 Å². The largest absolute Gasteiger partial charge is 0.324 e. The fraction of sp³-hybridized carbons (Fsp3) is 0.375. The Bertz CT molecular complexity index is 587. The molecule has 114 valence electrons. The number of halogens is 2. The number of hydrogen-bond donors (Lipinski definition) is 1. The Morgan fingerprint density at radius 1 is 1.38 bits per heavy atom. The molecular formula is C16H20BrFN2S. The third-order valence-electron chi connectivity index (χ3n) is 3.55. The Hall–Kier alpha value is -0.750. The van der Waals surface area contributed by atoms with E-state index in [1.54, 1.807) is 23.5 Å². The highest BCUT2D eigenvalue weighted by Crippen LogP contribution is 2.24. The van der Waals surface area contributed by atoms with E-state index in [0.717, 1.165) is 16.9 Å². The van der Waals surface area contributed by atoms with Crippen LogP contribution < -0.4 is 5.73 Å². The van der Waals surface area contributed by atoms with Gasteiger partial charge in [-0.3, -0.25) is 0 Å². The predicted molar refractivity (Wildman–Crippen MR) is 90.8 cm³/mol. The average Bonchev–Trinajstić information content (AvgIpc) is 2.83.